The number of hydrogen-bond donors (Lipinski definition) is 2. The van der Waals surface area contributed by atoms with Gasteiger partial charge in [-0.3, -0.25) is 14.7 Å². The van der Waals surface area contributed by atoms with E-state index >= 15 is 0 Å². The van der Waals surface area contributed by atoms with Crippen LogP contribution in [0.15, 0.2) is 10.9 Å². The lowest BCUT2D eigenvalue weighted by Crippen LogP contribution is -2.04. The molecule has 4 heteroatoms. The molecule has 0 radical (unpaired) electrons. The van der Waals surface area contributed by atoms with Gasteiger partial charge in [-0.2, -0.15) is 0 Å². The first-order valence-electron chi connectivity index (χ1n) is 3.39. The van der Waals surface area contributed by atoms with E-state index in [9.17, 15) is 9.59 Å². The lowest BCUT2D eigenvalue weighted by molar-refractivity contribution is -0.118. The highest BCUT2D eigenvalue weighted by molar-refractivity contribution is 5.82. The predicted octanol–water partition coefficient (Wildman–Crippen LogP) is 0.395. The summed E-state index contributed by atoms with van der Waals surface area (Å²) in [6.45, 7) is 3.25. The third-order valence-corrected chi connectivity index (χ3v) is 1.69. The molecule has 0 aliphatic carbocycles. The molecule has 4 nitrogen and oxygen atoms in total. The van der Waals surface area contributed by atoms with Crippen molar-refractivity contribution in [3.8, 4) is 0 Å². The van der Waals surface area contributed by atoms with Crippen molar-refractivity contribution in [3.05, 3.63) is 22.1 Å². The predicted molar refractivity (Wildman–Crippen MR) is 40.5 cm³/mol. The van der Waals surface area contributed by atoms with Gasteiger partial charge in [-0.1, -0.05) is 0 Å². The Morgan fingerprint density at radius 3 is 2.55 bits per heavy atom. The average Bonchev–Trinajstić information content (AvgIpc) is 2.34. The quantitative estimate of drug-likeness (QED) is 0.647. The van der Waals surface area contributed by atoms with Crippen LogP contribution in [0.4, 0.5) is 0 Å². The van der Waals surface area contributed by atoms with Gasteiger partial charge >= 0.3 is 0 Å². The van der Waals surface area contributed by atoms with Gasteiger partial charge in [-0.15, -0.1) is 0 Å². The summed E-state index contributed by atoms with van der Waals surface area (Å²) in [6.07, 6.45) is 0. The molecule has 11 heavy (non-hydrogen) atoms. The van der Waals surface area contributed by atoms with Gasteiger partial charge in [0.2, 0.25) is 0 Å². The van der Waals surface area contributed by atoms with E-state index in [4.69, 9.17) is 0 Å². The molecule has 2 N–H and O–H groups in total. The molecule has 0 saturated heterocycles. The summed E-state index contributed by atoms with van der Waals surface area (Å²) in [5.74, 6) is -0.186. The smallest absolute Gasteiger partial charge is 0.264 e. The zero-order chi connectivity index (χ0) is 8.43. The van der Waals surface area contributed by atoms with Crippen molar-refractivity contribution in [3.63, 3.8) is 0 Å². The van der Waals surface area contributed by atoms with Crippen LogP contribution in [0.2, 0.25) is 0 Å². The summed E-state index contributed by atoms with van der Waals surface area (Å²) in [7, 11) is 0. The van der Waals surface area contributed by atoms with E-state index in [2.05, 4.69) is 10.2 Å². The maximum atomic E-state index is 10.8. The van der Waals surface area contributed by atoms with Gasteiger partial charge in [0.1, 0.15) is 5.78 Å². The topological polar surface area (TPSA) is 65.7 Å². The fourth-order valence-electron chi connectivity index (χ4n) is 0.799. The number of hydrogen-bond acceptors (Lipinski definition) is 2. The summed E-state index contributed by atoms with van der Waals surface area (Å²) in [4.78, 5) is 21.4. The monoisotopic (exact) mass is 154 g/mol. The number of H-pyrrole nitrogens is 2. The first kappa shape index (κ1) is 7.78. The third kappa shape index (κ3) is 1.58. The average molecular weight is 154 g/mol. The molecule has 1 aromatic rings. The molecule has 0 aliphatic rings. The maximum absolute atomic E-state index is 10.8. The minimum Gasteiger partial charge on any atom is -0.302 e. The number of carbonyl (C=O) groups excluding carboxylic acids is 1. The summed E-state index contributed by atoms with van der Waals surface area (Å²) >= 11 is 0. The van der Waals surface area contributed by atoms with E-state index in [1.807, 2.05) is 0 Å². The first-order valence-corrected chi connectivity index (χ1v) is 3.39. The summed E-state index contributed by atoms with van der Waals surface area (Å²) in [6, 6.07) is 1.39. The molecule has 60 valence electrons. The van der Waals surface area contributed by atoms with Crippen molar-refractivity contribution in [1.29, 1.82) is 0 Å². The molecule has 0 aliphatic heterocycles. The normalized spacial score (nSPS) is 12.9. The van der Waals surface area contributed by atoms with Crippen LogP contribution in [-0.2, 0) is 4.79 Å². The number of Topliss-reactive ketones (excluding diaryl/α,β-unsaturated/α-hetero) is 1. The van der Waals surface area contributed by atoms with Crippen LogP contribution >= 0.6 is 0 Å². The number of nitrogens with one attached hydrogen (secondary N) is 2. The largest absolute Gasteiger partial charge is 0.302 e. The Labute approximate surface area is 63.6 Å². The van der Waals surface area contributed by atoms with Crippen LogP contribution in [0.25, 0.3) is 0 Å². The van der Waals surface area contributed by atoms with Crippen molar-refractivity contribution >= 4 is 5.78 Å². The van der Waals surface area contributed by atoms with Crippen molar-refractivity contribution in [2.75, 3.05) is 0 Å². The van der Waals surface area contributed by atoms with Gasteiger partial charge in [0.05, 0.1) is 5.92 Å². The fourth-order valence-corrected chi connectivity index (χ4v) is 0.799. The Hall–Kier alpha value is -1.32. The Balaban J connectivity index is 2.93. The zero-order valence-corrected chi connectivity index (χ0v) is 6.47. The van der Waals surface area contributed by atoms with E-state index in [0.29, 0.717) is 5.69 Å². The minimum absolute atomic E-state index is 0.0419. The molecule has 0 amide bonds. The van der Waals surface area contributed by atoms with E-state index < -0.39 is 0 Å². The van der Waals surface area contributed by atoms with Gasteiger partial charge in [-0.05, 0) is 13.8 Å². The van der Waals surface area contributed by atoms with E-state index in [0.717, 1.165) is 0 Å². The second-order valence-corrected chi connectivity index (χ2v) is 2.55. The van der Waals surface area contributed by atoms with Gasteiger partial charge in [-0.25, -0.2) is 0 Å². The Morgan fingerprint density at radius 1 is 1.55 bits per heavy atom. The molecule has 1 atom stereocenters. The van der Waals surface area contributed by atoms with E-state index in [1.54, 1.807) is 6.92 Å². The zero-order valence-electron chi connectivity index (χ0n) is 6.47. The van der Waals surface area contributed by atoms with Crippen LogP contribution in [0.5, 0.6) is 0 Å². The number of carbonyl (C=O) groups is 1. The lowest BCUT2D eigenvalue weighted by Gasteiger charge is -2.01. The molecule has 0 saturated carbocycles. The Bertz CT molecular complexity index is 310. The van der Waals surface area contributed by atoms with Crippen molar-refractivity contribution in [2.45, 2.75) is 19.8 Å². The minimum atomic E-state index is -0.228. The Morgan fingerprint density at radius 2 is 2.18 bits per heavy atom. The second-order valence-electron chi connectivity index (χ2n) is 2.55. The summed E-state index contributed by atoms with van der Waals surface area (Å²) in [5.41, 5.74) is 0.440. The van der Waals surface area contributed by atoms with Crippen LogP contribution in [0, 0.1) is 0 Å². The number of ketones is 1. The van der Waals surface area contributed by atoms with Crippen LogP contribution in [-0.4, -0.2) is 16.0 Å². The molecule has 1 rings (SSSR count). The Kier molecular flexibility index (Phi) is 1.94. The van der Waals surface area contributed by atoms with E-state index in [1.165, 1.54) is 13.0 Å². The van der Waals surface area contributed by atoms with E-state index in [-0.39, 0.29) is 17.3 Å². The lowest BCUT2D eigenvalue weighted by atomic mass is 10.0. The van der Waals surface area contributed by atoms with Crippen molar-refractivity contribution in [2.24, 2.45) is 0 Å². The number of aromatic nitrogens is 2. The molecular formula is C7H10N2O2. The van der Waals surface area contributed by atoms with Crippen LogP contribution in [0.1, 0.15) is 25.5 Å². The van der Waals surface area contributed by atoms with Crippen molar-refractivity contribution in [1.82, 2.24) is 10.2 Å². The van der Waals surface area contributed by atoms with Gasteiger partial charge in [0, 0.05) is 11.8 Å². The van der Waals surface area contributed by atoms with Crippen LogP contribution in [0.3, 0.4) is 0 Å². The van der Waals surface area contributed by atoms with Crippen molar-refractivity contribution < 1.29 is 4.79 Å². The molecule has 0 spiro atoms. The number of aromatic amines is 2. The molecule has 1 unspecified atom stereocenters. The highest BCUT2D eigenvalue weighted by atomic mass is 16.1. The summed E-state index contributed by atoms with van der Waals surface area (Å²) in [5, 5.41) is 5.00. The molecule has 0 fully saturated rings. The maximum Gasteiger partial charge on any atom is 0.264 e. The number of rotatable bonds is 2. The van der Waals surface area contributed by atoms with Gasteiger partial charge in [0.25, 0.3) is 5.56 Å². The van der Waals surface area contributed by atoms with Gasteiger partial charge < -0.3 is 5.10 Å². The second kappa shape index (κ2) is 2.74. The van der Waals surface area contributed by atoms with Gasteiger partial charge in [0.15, 0.2) is 0 Å². The molecule has 0 aromatic carbocycles. The molecule has 1 heterocycles. The molecular weight excluding hydrogens is 144 g/mol. The SMILES string of the molecule is CC(=O)C(C)c1cc(=O)[nH][nH]1. The standard InChI is InChI=1S/C7H10N2O2/c1-4(5(2)10)6-3-7(11)9-8-6/h3-4H,1-2H3,(H2,8,9,11). The highest BCUT2D eigenvalue weighted by Crippen LogP contribution is 2.09. The summed E-state index contributed by atoms with van der Waals surface area (Å²) < 4.78 is 0. The third-order valence-electron chi connectivity index (χ3n) is 1.69. The molecule has 0 bridgehead atoms. The molecule has 1 aromatic heterocycles. The van der Waals surface area contributed by atoms with Crippen LogP contribution < -0.4 is 5.56 Å². The first-order chi connectivity index (χ1) is 5.11. The fraction of sp³-hybridized carbons (Fsp3) is 0.429. The highest BCUT2D eigenvalue weighted by Gasteiger charge is 2.11.